The van der Waals surface area contributed by atoms with E-state index in [4.69, 9.17) is 10.5 Å². The number of anilines is 1. The summed E-state index contributed by atoms with van der Waals surface area (Å²) in [4.78, 5) is 20.1. The lowest BCUT2D eigenvalue weighted by molar-refractivity contribution is -0.000429. The third-order valence-electron chi connectivity index (χ3n) is 3.36. The van der Waals surface area contributed by atoms with E-state index in [1.807, 2.05) is 0 Å². The number of hydrogen-bond donors (Lipinski definition) is 1. The number of thiazole rings is 1. The van der Waals surface area contributed by atoms with Gasteiger partial charge in [0, 0.05) is 0 Å². The van der Waals surface area contributed by atoms with Crippen molar-refractivity contribution in [3.63, 3.8) is 0 Å². The van der Waals surface area contributed by atoms with Crippen LogP contribution < -0.4 is 10.6 Å². The van der Waals surface area contributed by atoms with E-state index < -0.39 is 0 Å². The molecule has 2 N–H and O–H groups in total. The number of nitrogens with zero attached hydrogens (tertiary/aromatic N) is 3. The van der Waals surface area contributed by atoms with Gasteiger partial charge < -0.3 is 10.5 Å². The largest absolute Gasteiger partial charge is 0.368 e. The monoisotopic (exact) mass is 280 g/mol. The second-order valence-electron chi connectivity index (χ2n) is 4.73. The van der Waals surface area contributed by atoms with E-state index in [2.05, 4.69) is 16.9 Å². The quantitative estimate of drug-likeness (QED) is 0.928. The van der Waals surface area contributed by atoms with Crippen molar-refractivity contribution in [1.29, 1.82) is 0 Å². The van der Waals surface area contributed by atoms with Gasteiger partial charge in [0.05, 0.1) is 17.0 Å². The molecule has 6 nitrogen and oxygen atoms in total. The van der Waals surface area contributed by atoms with E-state index in [1.54, 1.807) is 10.8 Å². The van der Waals surface area contributed by atoms with Crippen molar-refractivity contribution in [2.45, 2.75) is 44.9 Å². The highest BCUT2D eigenvalue weighted by Gasteiger charge is 2.29. The molecule has 0 aliphatic carbocycles. The molecule has 0 aromatic carbocycles. The topological polar surface area (TPSA) is 83.0 Å². The van der Waals surface area contributed by atoms with Crippen molar-refractivity contribution in [3.8, 4) is 0 Å². The van der Waals surface area contributed by atoms with Crippen LogP contribution in [-0.4, -0.2) is 20.6 Å². The summed E-state index contributed by atoms with van der Waals surface area (Å²) in [5.74, 6) is 0.183. The standard InChI is InChI=1S/C12H16N4O2S/c1-2-3-7-4-5-9(18-7)16-10-8(19-12(16)17)6-14-11(13)15-10/h6-7,9H,2-5H2,1H3,(H2,13,14,15)/t7-,9-/m1/s1. The number of rotatable bonds is 3. The summed E-state index contributed by atoms with van der Waals surface area (Å²) < 4.78 is 8.31. The first-order valence-corrected chi connectivity index (χ1v) is 7.29. The Morgan fingerprint density at radius 3 is 3.21 bits per heavy atom. The lowest BCUT2D eigenvalue weighted by Crippen LogP contribution is -2.20. The van der Waals surface area contributed by atoms with Crippen LogP contribution in [0.15, 0.2) is 11.0 Å². The third kappa shape index (κ3) is 2.23. The van der Waals surface area contributed by atoms with E-state index in [1.165, 1.54) is 0 Å². The Kier molecular flexibility index (Phi) is 3.24. The molecule has 1 fully saturated rings. The predicted molar refractivity (Wildman–Crippen MR) is 74.1 cm³/mol. The van der Waals surface area contributed by atoms with Crippen LogP contribution in [0.5, 0.6) is 0 Å². The van der Waals surface area contributed by atoms with E-state index in [9.17, 15) is 4.79 Å². The molecule has 0 unspecified atom stereocenters. The first-order chi connectivity index (χ1) is 9.19. The number of hydrogen-bond acceptors (Lipinski definition) is 6. The van der Waals surface area contributed by atoms with Gasteiger partial charge >= 0.3 is 4.87 Å². The summed E-state index contributed by atoms with van der Waals surface area (Å²) in [6, 6.07) is 0. The molecule has 2 atom stereocenters. The maximum atomic E-state index is 12.1. The lowest BCUT2D eigenvalue weighted by Gasteiger charge is -2.14. The first-order valence-electron chi connectivity index (χ1n) is 6.48. The van der Waals surface area contributed by atoms with Crippen molar-refractivity contribution in [2.24, 2.45) is 0 Å². The highest BCUT2D eigenvalue weighted by atomic mass is 32.1. The number of ether oxygens (including phenoxy) is 1. The molecule has 0 radical (unpaired) electrons. The molecule has 19 heavy (non-hydrogen) atoms. The van der Waals surface area contributed by atoms with Crippen LogP contribution in [-0.2, 0) is 4.74 Å². The summed E-state index contributed by atoms with van der Waals surface area (Å²) in [6.45, 7) is 2.14. The van der Waals surface area contributed by atoms with Crippen LogP contribution in [0.1, 0.15) is 38.8 Å². The van der Waals surface area contributed by atoms with Gasteiger partial charge in [-0.1, -0.05) is 24.7 Å². The van der Waals surface area contributed by atoms with Gasteiger partial charge in [-0.3, -0.25) is 9.36 Å². The number of nitrogen functional groups attached to an aromatic ring is 1. The van der Waals surface area contributed by atoms with Crippen molar-refractivity contribution in [3.05, 3.63) is 15.9 Å². The van der Waals surface area contributed by atoms with E-state index in [-0.39, 0.29) is 23.2 Å². The molecule has 1 aliphatic rings. The van der Waals surface area contributed by atoms with Gasteiger partial charge in [-0.25, -0.2) is 4.98 Å². The van der Waals surface area contributed by atoms with E-state index in [0.29, 0.717) is 5.65 Å². The highest BCUT2D eigenvalue weighted by molar-refractivity contribution is 7.16. The van der Waals surface area contributed by atoms with Crippen molar-refractivity contribution in [1.82, 2.24) is 14.5 Å². The molecule has 3 rings (SSSR count). The van der Waals surface area contributed by atoms with Crippen molar-refractivity contribution >= 4 is 27.6 Å². The fourth-order valence-corrected chi connectivity index (χ4v) is 3.35. The predicted octanol–water partition coefficient (Wildman–Crippen LogP) is 1.91. The van der Waals surface area contributed by atoms with Crippen LogP contribution in [0, 0.1) is 0 Å². The fourth-order valence-electron chi connectivity index (χ4n) is 2.51. The smallest absolute Gasteiger partial charge is 0.311 e. The van der Waals surface area contributed by atoms with Gasteiger partial charge in [0.1, 0.15) is 6.23 Å². The van der Waals surface area contributed by atoms with Gasteiger partial charge in [0.2, 0.25) is 5.95 Å². The Morgan fingerprint density at radius 2 is 2.42 bits per heavy atom. The Morgan fingerprint density at radius 1 is 1.58 bits per heavy atom. The van der Waals surface area contributed by atoms with Crippen molar-refractivity contribution < 1.29 is 4.74 Å². The molecule has 2 aromatic heterocycles. The minimum absolute atomic E-state index is 0.0583. The average molecular weight is 280 g/mol. The summed E-state index contributed by atoms with van der Waals surface area (Å²) in [5, 5.41) is 0. The molecule has 7 heteroatoms. The van der Waals surface area contributed by atoms with Gasteiger partial charge in [-0.2, -0.15) is 4.98 Å². The zero-order valence-electron chi connectivity index (χ0n) is 10.7. The fraction of sp³-hybridized carbons (Fsp3) is 0.583. The molecule has 1 saturated heterocycles. The van der Waals surface area contributed by atoms with Gasteiger partial charge in [0.15, 0.2) is 5.65 Å². The van der Waals surface area contributed by atoms with Crippen LogP contribution in [0.25, 0.3) is 10.3 Å². The third-order valence-corrected chi connectivity index (χ3v) is 4.24. The molecular formula is C12H16N4O2S. The zero-order valence-corrected chi connectivity index (χ0v) is 11.5. The summed E-state index contributed by atoms with van der Waals surface area (Å²) >= 11 is 1.14. The van der Waals surface area contributed by atoms with Gasteiger partial charge in [0.25, 0.3) is 0 Å². The molecule has 3 heterocycles. The molecule has 0 bridgehead atoms. The Hall–Kier alpha value is -1.47. The molecule has 0 amide bonds. The second-order valence-corrected chi connectivity index (χ2v) is 5.73. The normalized spacial score (nSPS) is 23.2. The van der Waals surface area contributed by atoms with Gasteiger partial charge in [-0.15, -0.1) is 0 Å². The van der Waals surface area contributed by atoms with Crippen LogP contribution in [0.2, 0.25) is 0 Å². The highest BCUT2D eigenvalue weighted by Crippen LogP contribution is 2.32. The minimum Gasteiger partial charge on any atom is -0.368 e. The maximum Gasteiger partial charge on any atom is 0.311 e. The maximum absolute atomic E-state index is 12.1. The molecule has 1 aliphatic heterocycles. The molecule has 102 valence electrons. The first kappa shape index (κ1) is 12.6. The lowest BCUT2D eigenvalue weighted by atomic mass is 10.1. The summed E-state index contributed by atoms with van der Waals surface area (Å²) in [6.07, 6.45) is 5.58. The summed E-state index contributed by atoms with van der Waals surface area (Å²) in [7, 11) is 0. The zero-order chi connectivity index (χ0) is 13.4. The molecule has 0 saturated carbocycles. The van der Waals surface area contributed by atoms with E-state index >= 15 is 0 Å². The number of fused-ring (bicyclic) bond motifs is 1. The molecular weight excluding hydrogens is 264 g/mol. The Balaban J connectivity index is 1.99. The SMILES string of the molecule is CCC[C@@H]1CC[C@H](n2c(=O)sc3cnc(N)nc32)O1. The second kappa shape index (κ2) is 4.90. The van der Waals surface area contributed by atoms with Crippen LogP contribution >= 0.6 is 11.3 Å². The molecule has 2 aromatic rings. The van der Waals surface area contributed by atoms with Crippen LogP contribution in [0.4, 0.5) is 5.95 Å². The number of nitrogens with two attached hydrogens (primary N) is 1. The van der Waals surface area contributed by atoms with Crippen molar-refractivity contribution in [2.75, 3.05) is 5.73 Å². The minimum atomic E-state index is -0.216. The summed E-state index contributed by atoms with van der Waals surface area (Å²) in [5.41, 5.74) is 6.19. The molecule has 0 spiro atoms. The number of aromatic nitrogens is 3. The Labute approximate surface area is 114 Å². The average Bonchev–Trinajstić information content (AvgIpc) is 2.93. The van der Waals surface area contributed by atoms with E-state index in [0.717, 1.165) is 41.7 Å². The van der Waals surface area contributed by atoms with Gasteiger partial charge in [-0.05, 0) is 19.3 Å². The van der Waals surface area contributed by atoms with Crippen LogP contribution in [0.3, 0.4) is 0 Å². The Bertz CT molecular complexity index is 651.